The van der Waals surface area contributed by atoms with Crippen molar-refractivity contribution in [2.75, 3.05) is 19.6 Å². The molecule has 23 heavy (non-hydrogen) atoms. The van der Waals surface area contributed by atoms with Gasteiger partial charge >= 0.3 is 6.09 Å². The van der Waals surface area contributed by atoms with E-state index in [1.54, 1.807) is 4.90 Å². The summed E-state index contributed by atoms with van der Waals surface area (Å²) >= 11 is 0. The van der Waals surface area contributed by atoms with Gasteiger partial charge < -0.3 is 15.0 Å². The minimum atomic E-state index is -0.442. The van der Waals surface area contributed by atoms with Gasteiger partial charge in [0.25, 0.3) is 0 Å². The van der Waals surface area contributed by atoms with Crippen LogP contribution in [0.15, 0.2) is 24.3 Å². The Kier molecular flexibility index (Phi) is 7.56. The Balaban J connectivity index is 2.34. The summed E-state index contributed by atoms with van der Waals surface area (Å²) in [4.78, 5) is 13.8. The second kappa shape index (κ2) is 8.92. The summed E-state index contributed by atoms with van der Waals surface area (Å²) in [5, 5.41) is 3.51. The first kappa shape index (κ1) is 19.5. The zero-order valence-corrected chi connectivity index (χ0v) is 15.5. The number of hydrogen-bond acceptors (Lipinski definition) is 3. The van der Waals surface area contributed by atoms with Gasteiger partial charge in [0.1, 0.15) is 5.60 Å². The average molecular weight is 320 g/mol. The highest BCUT2D eigenvalue weighted by Gasteiger charge is 2.20. The van der Waals surface area contributed by atoms with E-state index < -0.39 is 5.60 Å². The fraction of sp³-hybridized carbons (Fsp3) is 0.632. The van der Waals surface area contributed by atoms with Crippen molar-refractivity contribution < 1.29 is 9.53 Å². The van der Waals surface area contributed by atoms with E-state index in [4.69, 9.17) is 4.74 Å². The summed E-state index contributed by atoms with van der Waals surface area (Å²) < 4.78 is 5.42. The third kappa shape index (κ3) is 7.51. The van der Waals surface area contributed by atoms with Crippen LogP contribution in [0.1, 0.15) is 58.2 Å². The predicted molar refractivity (Wildman–Crippen MR) is 95.7 cm³/mol. The molecular weight excluding hydrogens is 288 g/mol. The van der Waals surface area contributed by atoms with Crippen LogP contribution in [0.3, 0.4) is 0 Å². The van der Waals surface area contributed by atoms with Crippen LogP contribution in [0.4, 0.5) is 4.79 Å². The molecule has 0 saturated heterocycles. The molecule has 0 spiro atoms. The zero-order valence-electron chi connectivity index (χ0n) is 15.5. The molecular formula is C19H32N2O2. The molecule has 0 bridgehead atoms. The van der Waals surface area contributed by atoms with Crippen LogP contribution in [0.25, 0.3) is 0 Å². The molecule has 1 aromatic rings. The molecule has 0 saturated carbocycles. The van der Waals surface area contributed by atoms with Crippen LogP contribution in [-0.2, 0) is 4.74 Å². The van der Waals surface area contributed by atoms with Crippen molar-refractivity contribution in [2.45, 2.75) is 59.6 Å². The van der Waals surface area contributed by atoms with E-state index in [1.165, 1.54) is 11.1 Å². The third-order valence-electron chi connectivity index (χ3n) is 3.67. The molecule has 4 heteroatoms. The molecule has 1 amide bonds. The average Bonchev–Trinajstić information content (AvgIpc) is 2.45. The highest BCUT2D eigenvalue weighted by molar-refractivity contribution is 5.68. The Morgan fingerprint density at radius 1 is 1.26 bits per heavy atom. The van der Waals surface area contributed by atoms with E-state index in [0.29, 0.717) is 19.1 Å². The third-order valence-corrected chi connectivity index (χ3v) is 3.67. The smallest absolute Gasteiger partial charge is 0.410 e. The lowest BCUT2D eigenvalue weighted by Gasteiger charge is -2.26. The Morgan fingerprint density at radius 2 is 1.87 bits per heavy atom. The molecule has 0 fully saturated rings. The largest absolute Gasteiger partial charge is 0.444 e. The topological polar surface area (TPSA) is 41.6 Å². The quantitative estimate of drug-likeness (QED) is 0.762. The Hall–Kier alpha value is -1.55. The normalized spacial score (nSPS) is 12.8. The lowest BCUT2D eigenvalue weighted by atomic mass is 10.1. The van der Waals surface area contributed by atoms with Gasteiger partial charge in [0, 0.05) is 19.1 Å². The van der Waals surface area contributed by atoms with E-state index in [0.717, 1.165) is 13.0 Å². The van der Waals surface area contributed by atoms with Crippen LogP contribution >= 0.6 is 0 Å². The van der Waals surface area contributed by atoms with Crippen LogP contribution < -0.4 is 5.32 Å². The van der Waals surface area contributed by atoms with Crippen LogP contribution in [0, 0.1) is 6.92 Å². The molecule has 0 aliphatic rings. The van der Waals surface area contributed by atoms with Gasteiger partial charge in [0.15, 0.2) is 0 Å². The summed E-state index contributed by atoms with van der Waals surface area (Å²) in [7, 11) is 0. The summed E-state index contributed by atoms with van der Waals surface area (Å²) in [6, 6.07) is 8.90. The SMILES string of the molecule is CCN(CCCNC(C)c1ccc(C)cc1)C(=O)OC(C)(C)C. The number of nitrogens with one attached hydrogen (secondary N) is 1. The first-order valence-electron chi connectivity index (χ1n) is 8.51. The molecule has 0 aliphatic heterocycles. The first-order valence-corrected chi connectivity index (χ1v) is 8.51. The van der Waals surface area contributed by atoms with Gasteiger partial charge in [-0.25, -0.2) is 4.79 Å². The number of nitrogens with zero attached hydrogens (tertiary/aromatic N) is 1. The molecule has 1 unspecified atom stereocenters. The minimum absolute atomic E-state index is 0.230. The number of amides is 1. The molecule has 1 aromatic carbocycles. The van der Waals surface area contributed by atoms with Crippen LogP contribution in [0.2, 0.25) is 0 Å². The first-order chi connectivity index (χ1) is 10.7. The second-order valence-electron chi connectivity index (χ2n) is 7.00. The molecule has 0 heterocycles. The van der Waals surface area contributed by atoms with E-state index >= 15 is 0 Å². The zero-order chi connectivity index (χ0) is 17.5. The molecule has 1 rings (SSSR count). The standard InChI is InChI=1S/C19H32N2O2/c1-7-21(18(22)23-19(4,5)6)14-8-13-20-16(3)17-11-9-15(2)10-12-17/h9-12,16,20H,7-8,13-14H2,1-6H3. The summed E-state index contributed by atoms with van der Waals surface area (Å²) in [6.45, 7) is 14.2. The summed E-state index contributed by atoms with van der Waals surface area (Å²) in [5.41, 5.74) is 2.12. The highest BCUT2D eigenvalue weighted by atomic mass is 16.6. The number of aryl methyl sites for hydroxylation is 1. The van der Waals surface area contributed by atoms with Crippen molar-refractivity contribution >= 4 is 6.09 Å². The van der Waals surface area contributed by atoms with Crippen molar-refractivity contribution in [3.8, 4) is 0 Å². The van der Waals surface area contributed by atoms with Gasteiger partial charge in [0.05, 0.1) is 0 Å². The van der Waals surface area contributed by atoms with Gasteiger partial charge in [0.2, 0.25) is 0 Å². The molecule has 0 aliphatic carbocycles. The number of ether oxygens (including phenoxy) is 1. The number of carbonyl (C=O) groups excluding carboxylic acids is 1. The lowest BCUT2D eigenvalue weighted by Crippen LogP contribution is -2.38. The maximum absolute atomic E-state index is 12.1. The number of rotatable bonds is 7. The highest BCUT2D eigenvalue weighted by Crippen LogP contribution is 2.13. The van der Waals surface area contributed by atoms with Crippen molar-refractivity contribution in [3.63, 3.8) is 0 Å². The Morgan fingerprint density at radius 3 is 2.39 bits per heavy atom. The monoisotopic (exact) mass is 320 g/mol. The van der Waals surface area contributed by atoms with Crippen molar-refractivity contribution in [1.29, 1.82) is 0 Å². The molecule has 130 valence electrons. The second-order valence-corrected chi connectivity index (χ2v) is 7.00. The van der Waals surface area contributed by atoms with Gasteiger partial charge in [-0.05, 0) is 60.1 Å². The number of hydrogen-bond donors (Lipinski definition) is 1. The molecule has 1 N–H and O–H groups in total. The summed E-state index contributed by atoms with van der Waals surface area (Å²) in [6.07, 6.45) is 0.676. The Labute approximate surface area is 141 Å². The predicted octanol–water partition coefficient (Wildman–Crippen LogP) is 4.29. The molecule has 4 nitrogen and oxygen atoms in total. The van der Waals surface area contributed by atoms with Crippen molar-refractivity contribution in [2.24, 2.45) is 0 Å². The maximum atomic E-state index is 12.1. The molecule has 1 atom stereocenters. The van der Waals surface area contributed by atoms with Gasteiger partial charge in [-0.2, -0.15) is 0 Å². The maximum Gasteiger partial charge on any atom is 0.410 e. The summed E-state index contributed by atoms with van der Waals surface area (Å²) in [5.74, 6) is 0. The molecule has 0 aromatic heterocycles. The van der Waals surface area contributed by atoms with E-state index in [9.17, 15) is 4.79 Å². The Bertz CT molecular complexity index is 477. The fourth-order valence-electron chi connectivity index (χ4n) is 2.27. The van der Waals surface area contributed by atoms with E-state index in [-0.39, 0.29) is 6.09 Å². The van der Waals surface area contributed by atoms with E-state index in [2.05, 4.69) is 43.4 Å². The number of benzene rings is 1. The van der Waals surface area contributed by atoms with Crippen molar-refractivity contribution in [1.82, 2.24) is 10.2 Å². The van der Waals surface area contributed by atoms with Crippen LogP contribution in [-0.4, -0.2) is 36.2 Å². The molecule has 0 radical (unpaired) electrons. The van der Waals surface area contributed by atoms with E-state index in [1.807, 2.05) is 27.7 Å². The van der Waals surface area contributed by atoms with Crippen molar-refractivity contribution in [3.05, 3.63) is 35.4 Å². The number of carbonyl (C=O) groups is 1. The fourth-order valence-corrected chi connectivity index (χ4v) is 2.27. The van der Waals surface area contributed by atoms with Gasteiger partial charge in [-0.15, -0.1) is 0 Å². The van der Waals surface area contributed by atoms with Gasteiger partial charge in [-0.1, -0.05) is 29.8 Å². The van der Waals surface area contributed by atoms with Gasteiger partial charge in [-0.3, -0.25) is 0 Å². The van der Waals surface area contributed by atoms with Crippen LogP contribution in [0.5, 0.6) is 0 Å². The minimum Gasteiger partial charge on any atom is -0.444 e. The lowest BCUT2D eigenvalue weighted by molar-refractivity contribution is 0.0258.